The Labute approximate surface area is 143 Å². The van der Waals surface area contributed by atoms with Gasteiger partial charge in [0.15, 0.2) is 0 Å². The van der Waals surface area contributed by atoms with Crippen molar-refractivity contribution in [3.05, 3.63) is 35.4 Å². The molecule has 130 valence electrons. The van der Waals surface area contributed by atoms with E-state index in [1.807, 2.05) is 0 Å². The fourth-order valence-electron chi connectivity index (χ4n) is 3.57. The zero-order valence-electron chi connectivity index (χ0n) is 15.3. The van der Waals surface area contributed by atoms with Gasteiger partial charge >= 0.3 is 0 Å². The number of unbranched alkanes of at least 4 members (excludes halogenated alkanes) is 5. The molecule has 1 aromatic carbocycles. The molecule has 1 aliphatic rings. The number of aryl methyl sites for hydroxylation is 1. The van der Waals surface area contributed by atoms with Gasteiger partial charge in [-0.1, -0.05) is 68.9 Å². The second-order valence-corrected chi connectivity index (χ2v) is 7.14. The van der Waals surface area contributed by atoms with Crippen LogP contribution in [0, 0.1) is 6.92 Å². The Morgan fingerprint density at radius 1 is 0.957 bits per heavy atom. The molecule has 0 aliphatic carbocycles. The second kappa shape index (κ2) is 10.8. The van der Waals surface area contributed by atoms with E-state index < -0.39 is 0 Å². The smallest absolute Gasteiger partial charge is 0.0472 e. The summed E-state index contributed by atoms with van der Waals surface area (Å²) in [4.78, 5) is 2.67. The monoisotopic (exact) mass is 316 g/mol. The van der Waals surface area contributed by atoms with Crippen LogP contribution in [0.15, 0.2) is 24.3 Å². The Bertz CT molecular complexity index is 406. The molecular weight excluding hydrogens is 280 g/mol. The molecule has 0 radical (unpaired) electrons. The van der Waals surface area contributed by atoms with Crippen LogP contribution in [-0.2, 0) is 0 Å². The van der Waals surface area contributed by atoms with Crippen molar-refractivity contribution in [2.24, 2.45) is 0 Å². The number of hydrogen-bond donors (Lipinski definition) is 1. The van der Waals surface area contributed by atoms with Gasteiger partial charge in [-0.2, -0.15) is 0 Å². The highest BCUT2D eigenvalue weighted by atomic mass is 15.2. The Morgan fingerprint density at radius 3 is 2.30 bits per heavy atom. The maximum atomic E-state index is 3.72. The number of rotatable bonds is 11. The minimum atomic E-state index is 0.554. The van der Waals surface area contributed by atoms with E-state index in [4.69, 9.17) is 0 Å². The first-order valence-electron chi connectivity index (χ1n) is 9.82. The molecular formula is C21H36N2. The highest BCUT2D eigenvalue weighted by Gasteiger charge is 2.22. The highest BCUT2D eigenvalue weighted by molar-refractivity contribution is 5.24. The quantitative estimate of drug-likeness (QED) is 0.573. The largest absolute Gasteiger partial charge is 0.315 e. The molecule has 0 bridgehead atoms. The van der Waals surface area contributed by atoms with Gasteiger partial charge in [-0.25, -0.2) is 0 Å². The van der Waals surface area contributed by atoms with Crippen molar-refractivity contribution in [3.63, 3.8) is 0 Å². The highest BCUT2D eigenvalue weighted by Crippen LogP contribution is 2.24. The SMILES string of the molecule is CCCCCCCCNCC(c1ccc(C)cc1)N1CCCC1. The lowest BCUT2D eigenvalue weighted by Gasteiger charge is -2.28. The maximum absolute atomic E-state index is 3.72. The van der Waals surface area contributed by atoms with Crippen molar-refractivity contribution >= 4 is 0 Å². The summed E-state index contributed by atoms with van der Waals surface area (Å²) >= 11 is 0. The number of likely N-dealkylation sites (tertiary alicyclic amines) is 1. The van der Waals surface area contributed by atoms with E-state index in [0.717, 1.165) is 6.54 Å². The van der Waals surface area contributed by atoms with E-state index in [2.05, 4.69) is 48.3 Å². The summed E-state index contributed by atoms with van der Waals surface area (Å²) in [5.74, 6) is 0. The Balaban J connectivity index is 1.73. The third-order valence-corrected chi connectivity index (χ3v) is 5.09. The lowest BCUT2D eigenvalue weighted by molar-refractivity contribution is 0.238. The topological polar surface area (TPSA) is 15.3 Å². The summed E-state index contributed by atoms with van der Waals surface area (Å²) < 4.78 is 0. The van der Waals surface area contributed by atoms with Crippen LogP contribution in [0.25, 0.3) is 0 Å². The first-order valence-corrected chi connectivity index (χ1v) is 9.82. The van der Waals surface area contributed by atoms with Crippen LogP contribution < -0.4 is 5.32 Å². The summed E-state index contributed by atoms with van der Waals surface area (Å²) in [5.41, 5.74) is 2.84. The molecule has 1 atom stereocenters. The molecule has 1 heterocycles. The van der Waals surface area contributed by atoms with Gasteiger partial charge in [0.2, 0.25) is 0 Å². The summed E-state index contributed by atoms with van der Waals surface area (Å²) in [6, 6.07) is 9.71. The molecule has 1 fully saturated rings. The number of nitrogens with zero attached hydrogens (tertiary/aromatic N) is 1. The van der Waals surface area contributed by atoms with Crippen LogP contribution in [0.1, 0.15) is 75.5 Å². The first-order chi connectivity index (χ1) is 11.3. The summed E-state index contributed by atoms with van der Waals surface area (Å²) in [6.07, 6.45) is 11.0. The van der Waals surface area contributed by atoms with Gasteiger partial charge in [0, 0.05) is 12.6 Å². The van der Waals surface area contributed by atoms with Crippen LogP contribution in [0.4, 0.5) is 0 Å². The van der Waals surface area contributed by atoms with Gasteiger partial charge in [0.25, 0.3) is 0 Å². The molecule has 1 aliphatic heterocycles. The normalized spacial score (nSPS) is 16.8. The van der Waals surface area contributed by atoms with Crippen LogP contribution >= 0.6 is 0 Å². The summed E-state index contributed by atoms with van der Waals surface area (Å²) in [5, 5.41) is 3.72. The van der Waals surface area contributed by atoms with Crippen molar-refractivity contribution in [2.75, 3.05) is 26.2 Å². The molecule has 0 amide bonds. The minimum Gasteiger partial charge on any atom is -0.315 e. The van der Waals surface area contributed by atoms with Gasteiger partial charge in [-0.15, -0.1) is 0 Å². The zero-order chi connectivity index (χ0) is 16.3. The average Bonchev–Trinajstić information content (AvgIpc) is 3.09. The summed E-state index contributed by atoms with van der Waals surface area (Å²) in [6.45, 7) is 9.24. The number of hydrogen-bond acceptors (Lipinski definition) is 2. The third kappa shape index (κ3) is 6.64. The predicted octanol–water partition coefficient (Wildman–Crippen LogP) is 5.08. The van der Waals surface area contributed by atoms with Crippen LogP contribution in [0.3, 0.4) is 0 Å². The standard InChI is InChI=1S/C21H36N2/c1-3-4-5-6-7-8-15-22-18-21(23-16-9-10-17-23)20-13-11-19(2)12-14-20/h11-14,21-22H,3-10,15-18H2,1-2H3. The van der Waals surface area contributed by atoms with Gasteiger partial charge < -0.3 is 5.32 Å². The molecule has 2 heteroatoms. The molecule has 1 unspecified atom stereocenters. The van der Waals surface area contributed by atoms with Gasteiger partial charge in [0.05, 0.1) is 0 Å². The molecule has 0 aromatic heterocycles. The van der Waals surface area contributed by atoms with E-state index in [1.54, 1.807) is 0 Å². The molecule has 2 rings (SSSR count). The van der Waals surface area contributed by atoms with E-state index in [-0.39, 0.29) is 0 Å². The predicted molar refractivity (Wildman–Crippen MR) is 101 cm³/mol. The Morgan fingerprint density at radius 2 is 1.61 bits per heavy atom. The molecule has 1 aromatic rings. The molecule has 2 nitrogen and oxygen atoms in total. The lowest BCUT2D eigenvalue weighted by atomic mass is 10.0. The maximum Gasteiger partial charge on any atom is 0.0472 e. The van der Waals surface area contributed by atoms with Crippen molar-refractivity contribution in [3.8, 4) is 0 Å². The second-order valence-electron chi connectivity index (χ2n) is 7.14. The lowest BCUT2D eigenvalue weighted by Crippen LogP contribution is -2.34. The zero-order valence-corrected chi connectivity index (χ0v) is 15.3. The van der Waals surface area contributed by atoms with Crippen molar-refractivity contribution in [1.82, 2.24) is 10.2 Å². The summed E-state index contributed by atoms with van der Waals surface area (Å²) in [7, 11) is 0. The number of benzene rings is 1. The van der Waals surface area contributed by atoms with E-state index >= 15 is 0 Å². The van der Waals surface area contributed by atoms with Crippen LogP contribution in [0.2, 0.25) is 0 Å². The molecule has 1 saturated heterocycles. The van der Waals surface area contributed by atoms with Gasteiger partial charge in [0.1, 0.15) is 0 Å². The third-order valence-electron chi connectivity index (χ3n) is 5.09. The van der Waals surface area contributed by atoms with Crippen LogP contribution in [0.5, 0.6) is 0 Å². The number of nitrogens with one attached hydrogen (secondary N) is 1. The Hall–Kier alpha value is -0.860. The molecule has 23 heavy (non-hydrogen) atoms. The van der Waals surface area contributed by atoms with Crippen molar-refractivity contribution < 1.29 is 0 Å². The van der Waals surface area contributed by atoms with Crippen LogP contribution in [-0.4, -0.2) is 31.1 Å². The van der Waals surface area contributed by atoms with Gasteiger partial charge in [-0.05, 0) is 51.4 Å². The fourth-order valence-corrected chi connectivity index (χ4v) is 3.57. The van der Waals surface area contributed by atoms with Crippen molar-refractivity contribution in [2.45, 2.75) is 71.3 Å². The van der Waals surface area contributed by atoms with E-state index in [9.17, 15) is 0 Å². The molecule has 0 saturated carbocycles. The van der Waals surface area contributed by atoms with E-state index in [1.165, 1.54) is 82.1 Å². The molecule has 0 spiro atoms. The van der Waals surface area contributed by atoms with Gasteiger partial charge in [-0.3, -0.25) is 4.90 Å². The molecule has 1 N–H and O–H groups in total. The van der Waals surface area contributed by atoms with Crippen molar-refractivity contribution in [1.29, 1.82) is 0 Å². The minimum absolute atomic E-state index is 0.554. The fraction of sp³-hybridized carbons (Fsp3) is 0.714. The Kier molecular flexibility index (Phi) is 8.70. The van der Waals surface area contributed by atoms with E-state index in [0.29, 0.717) is 6.04 Å². The average molecular weight is 317 g/mol. The first kappa shape index (κ1) is 18.5.